The molecule has 0 atom stereocenters. The molecule has 1 N–H and O–H groups in total. The number of hydrogen-bond acceptors (Lipinski definition) is 5. The maximum atomic E-state index is 12.0. The molecule has 1 aromatic carbocycles. The summed E-state index contributed by atoms with van der Waals surface area (Å²) in [6.45, 7) is 0. The molecule has 0 spiro atoms. The first-order chi connectivity index (χ1) is 12.5. The first kappa shape index (κ1) is 19.0. The molecule has 1 aromatic rings. The zero-order chi connectivity index (χ0) is 18.5. The van der Waals surface area contributed by atoms with Gasteiger partial charge in [0.05, 0.1) is 9.93 Å². The predicted octanol–water partition coefficient (Wildman–Crippen LogP) is 4.93. The number of hydrogen-bond donors (Lipinski definition) is 1. The average molecular weight is 394 g/mol. The topological polar surface area (TPSA) is 72.5 Å². The summed E-state index contributed by atoms with van der Waals surface area (Å²) in [6, 6.07) is 4.84. The second kappa shape index (κ2) is 8.73. The Kier molecular flexibility index (Phi) is 6.38. The molecule has 1 aliphatic heterocycles. The van der Waals surface area contributed by atoms with Crippen molar-refractivity contribution in [2.75, 3.05) is 0 Å². The Labute approximate surface area is 161 Å². The minimum atomic E-state index is -0.436. The third kappa shape index (κ3) is 5.11. The largest absolute Gasteiger partial charge is 0.426 e. The van der Waals surface area contributed by atoms with Crippen LogP contribution in [0.1, 0.15) is 50.5 Å². The number of carbonyl (C=O) groups is 3. The number of carbonyl (C=O) groups excluding carboxylic acids is 3. The molecule has 2 amide bonds. The summed E-state index contributed by atoms with van der Waals surface area (Å²) < 4.78 is 5.37. The Balaban J connectivity index is 1.57. The third-order valence-electron chi connectivity index (χ3n) is 4.61. The van der Waals surface area contributed by atoms with E-state index in [0.29, 0.717) is 28.7 Å². The summed E-state index contributed by atoms with van der Waals surface area (Å²) in [4.78, 5) is 35.1. The van der Waals surface area contributed by atoms with E-state index < -0.39 is 11.1 Å². The van der Waals surface area contributed by atoms with Crippen LogP contribution in [0.2, 0.25) is 5.02 Å². The number of thioether (sulfide) groups is 1. The van der Waals surface area contributed by atoms with Gasteiger partial charge in [0.2, 0.25) is 0 Å². The Morgan fingerprint density at radius 1 is 1.27 bits per heavy atom. The van der Waals surface area contributed by atoms with Crippen molar-refractivity contribution in [3.05, 3.63) is 33.7 Å². The van der Waals surface area contributed by atoms with Crippen molar-refractivity contribution < 1.29 is 19.1 Å². The van der Waals surface area contributed by atoms with Gasteiger partial charge < -0.3 is 4.74 Å². The van der Waals surface area contributed by atoms with Gasteiger partial charge in [0.1, 0.15) is 5.75 Å². The van der Waals surface area contributed by atoms with Gasteiger partial charge in [-0.05, 0) is 47.9 Å². The van der Waals surface area contributed by atoms with Gasteiger partial charge in [0.15, 0.2) is 0 Å². The lowest BCUT2D eigenvalue weighted by molar-refractivity contribution is -0.134. The lowest BCUT2D eigenvalue weighted by Crippen LogP contribution is -2.17. The van der Waals surface area contributed by atoms with E-state index >= 15 is 0 Å². The van der Waals surface area contributed by atoms with Crippen LogP contribution in [0.5, 0.6) is 5.75 Å². The van der Waals surface area contributed by atoms with Crippen LogP contribution in [0.25, 0.3) is 6.08 Å². The summed E-state index contributed by atoms with van der Waals surface area (Å²) >= 11 is 7.04. The maximum Gasteiger partial charge on any atom is 0.311 e. The minimum Gasteiger partial charge on any atom is -0.426 e. The number of nitrogens with one attached hydrogen (secondary N) is 1. The molecule has 3 rings (SSSR count). The predicted molar refractivity (Wildman–Crippen MR) is 102 cm³/mol. The van der Waals surface area contributed by atoms with E-state index in [2.05, 4.69) is 5.32 Å². The van der Waals surface area contributed by atoms with Crippen molar-refractivity contribution >= 4 is 46.6 Å². The molecule has 1 saturated heterocycles. The number of imide groups is 1. The molecular formula is C19H20ClNO4S. The van der Waals surface area contributed by atoms with Crippen LogP contribution in [-0.2, 0) is 9.59 Å². The molecule has 0 aromatic heterocycles. The van der Waals surface area contributed by atoms with E-state index in [-0.39, 0.29) is 10.9 Å². The van der Waals surface area contributed by atoms with Crippen LogP contribution in [-0.4, -0.2) is 17.1 Å². The minimum absolute atomic E-state index is 0.255. The Morgan fingerprint density at radius 2 is 2.04 bits per heavy atom. The van der Waals surface area contributed by atoms with E-state index in [1.807, 2.05) is 0 Å². The zero-order valence-corrected chi connectivity index (χ0v) is 15.8. The molecule has 7 heteroatoms. The highest BCUT2D eigenvalue weighted by Crippen LogP contribution is 2.31. The summed E-state index contributed by atoms with van der Waals surface area (Å²) in [7, 11) is 0. The lowest BCUT2D eigenvalue weighted by Gasteiger charge is -2.20. The van der Waals surface area contributed by atoms with Gasteiger partial charge in [-0.25, -0.2) is 0 Å². The van der Waals surface area contributed by atoms with Gasteiger partial charge in [-0.3, -0.25) is 19.7 Å². The molecule has 0 unspecified atom stereocenters. The molecule has 138 valence electrons. The highest BCUT2D eigenvalue weighted by molar-refractivity contribution is 8.18. The van der Waals surface area contributed by atoms with Gasteiger partial charge in [-0.1, -0.05) is 43.7 Å². The SMILES string of the molecule is O=C(CCC1CCCCC1)Oc1ccc(C=C2SC(=O)NC2=O)c(Cl)c1. The Morgan fingerprint density at radius 3 is 2.69 bits per heavy atom. The standard InChI is InChI=1S/C19H20ClNO4S/c20-15-11-14(25-17(22)9-6-12-4-2-1-3-5-12)8-7-13(15)10-16-18(23)21-19(24)26-16/h7-8,10-12H,1-6,9H2,(H,21,23,24). The van der Waals surface area contributed by atoms with Crippen molar-refractivity contribution in [2.45, 2.75) is 44.9 Å². The molecule has 2 fully saturated rings. The third-order valence-corrected chi connectivity index (χ3v) is 5.75. The van der Waals surface area contributed by atoms with E-state index in [1.165, 1.54) is 32.1 Å². The van der Waals surface area contributed by atoms with Crippen molar-refractivity contribution in [2.24, 2.45) is 5.92 Å². The highest BCUT2D eigenvalue weighted by atomic mass is 35.5. The second-order valence-electron chi connectivity index (χ2n) is 6.55. The quantitative estimate of drug-likeness (QED) is 0.436. The summed E-state index contributed by atoms with van der Waals surface area (Å²) in [5.74, 6) is 0.320. The summed E-state index contributed by atoms with van der Waals surface area (Å²) in [6.07, 6.45) is 9.05. The van der Waals surface area contributed by atoms with E-state index in [1.54, 1.807) is 24.3 Å². The molecule has 1 aliphatic carbocycles. The van der Waals surface area contributed by atoms with Crippen molar-refractivity contribution in [1.82, 2.24) is 5.32 Å². The van der Waals surface area contributed by atoms with Crippen molar-refractivity contribution in [3.63, 3.8) is 0 Å². The number of esters is 1. The molecule has 0 bridgehead atoms. The van der Waals surface area contributed by atoms with Gasteiger partial charge in [0.25, 0.3) is 11.1 Å². The normalized spacial score (nSPS) is 19.7. The van der Waals surface area contributed by atoms with Crippen LogP contribution in [0.4, 0.5) is 4.79 Å². The molecular weight excluding hydrogens is 374 g/mol. The number of halogens is 1. The fourth-order valence-electron chi connectivity index (χ4n) is 3.23. The fourth-order valence-corrected chi connectivity index (χ4v) is 4.13. The Hall–Kier alpha value is -1.79. The number of amides is 2. The van der Waals surface area contributed by atoms with Crippen LogP contribution >= 0.6 is 23.4 Å². The molecule has 5 nitrogen and oxygen atoms in total. The smallest absolute Gasteiger partial charge is 0.311 e. The highest BCUT2D eigenvalue weighted by Gasteiger charge is 2.25. The van der Waals surface area contributed by atoms with E-state index in [4.69, 9.17) is 16.3 Å². The molecule has 1 saturated carbocycles. The average Bonchev–Trinajstić information content (AvgIpc) is 2.93. The summed E-state index contributed by atoms with van der Waals surface area (Å²) in [5, 5.41) is 2.14. The number of benzene rings is 1. The van der Waals surface area contributed by atoms with Crippen molar-refractivity contribution in [3.8, 4) is 5.75 Å². The van der Waals surface area contributed by atoms with E-state index in [9.17, 15) is 14.4 Å². The number of rotatable bonds is 5. The van der Waals surface area contributed by atoms with Gasteiger partial charge in [-0.15, -0.1) is 0 Å². The van der Waals surface area contributed by atoms with Crippen LogP contribution < -0.4 is 10.1 Å². The van der Waals surface area contributed by atoms with E-state index in [0.717, 1.165) is 18.2 Å². The molecule has 26 heavy (non-hydrogen) atoms. The zero-order valence-electron chi connectivity index (χ0n) is 14.3. The second-order valence-corrected chi connectivity index (χ2v) is 7.97. The van der Waals surface area contributed by atoms with Crippen LogP contribution in [0, 0.1) is 5.92 Å². The first-order valence-electron chi connectivity index (χ1n) is 8.76. The van der Waals surface area contributed by atoms with Crippen LogP contribution in [0.15, 0.2) is 23.1 Å². The fraction of sp³-hybridized carbons (Fsp3) is 0.421. The number of ether oxygens (including phenoxy) is 1. The van der Waals surface area contributed by atoms with Gasteiger partial charge >= 0.3 is 5.97 Å². The Bertz CT molecular complexity index is 756. The van der Waals surface area contributed by atoms with Gasteiger partial charge in [-0.2, -0.15) is 0 Å². The molecule has 1 heterocycles. The molecule has 0 radical (unpaired) electrons. The lowest BCUT2D eigenvalue weighted by atomic mass is 9.86. The summed E-state index contributed by atoms with van der Waals surface area (Å²) in [5.41, 5.74) is 0.584. The first-order valence-corrected chi connectivity index (χ1v) is 9.96. The van der Waals surface area contributed by atoms with Gasteiger partial charge in [0, 0.05) is 12.5 Å². The van der Waals surface area contributed by atoms with Crippen molar-refractivity contribution in [1.29, 1.82) is 0 Å². The van der Waals surface area contributed by atoms with Crippen LogP contribution in [0.3, 0.4) is 0 Å². The maximum absolute atomic E-state index is 12.0. The monoisotopic (exact) mass is 393 g/mol. The molecule has 2 aliphatic rings.